The summed E-state index contributed by atoms with van der Waals surface area (Å²) >= 11 is 0. The second-order valence-electron chi connectivity index (χ2n) is 3.60. The summed E-state index contributed by atoms with van der Waals surface area (Å²) in [6.07, 6.45) is -0.000207. The van der Waals surface area contributed by atoms with Gasteiger partial charge in [-0.2, -0.15) is 0 Å². The van der Waals surface area contributed by atoms with E-state index in [0.717, 1.165) is 0 Å². The van der Waals surface area contributed by atoms with Gasteiger partial charge in [-0.3, -0.25) is 4.79 Å². The van der Waals surface area contributed by atoms with Gasteiger partial charge in [0.05, 0.1) is 10.1 Å². The maximum absolute atomic E-state index is 12.0. The molecule has 1 N–H and O–H groups in total. The minimum Gasteiger partial charge on any atom is -0.481 e. The molecule has 16 heavy (non-hydrogen) atoms. The van der Waals surface area contributed by atoms with E-state index < -0.39 is 21.1 Å². The molecule has 0 aliphatic heterocycles. The molecule has 5 heteroatoms. The van der Waals surface area contributed by atoms with Crippen molar-refractivity contribution >= 4 is 15.8 Å². The number of benzene rings is 1. The van der Waals surface area contributed by atoms with Crippen LogP contribution in [0.1, 0.15) is 19.8 Å². The first-order valence-corrected chi connectivity index (χ1v) is 6.50. The maximum atomic E-state index is 12.0. The molecular formula is C11H14O4S. The molecule has 0 spiro atoms. The number of rotatable bonds is 5. The molecule has 1 aromatic rings. The van der Waals surface area contributed by atoms with E-state index in [1.54, 1.807) is 18.2 Å². The van der Waals surface area contributed by atoms with Crippen LogP contribution in [0.15, 0.2) is 35.2 Å². The highest BCUT2D eigenvalue weighted by Crippen LogP contribution is 2.18. The van der Waals surface area contributed by atoms with E-state index >= 15 is 0 Å². The van der Waals surface area contributed by atoms with Crippen LogP contribution < -0.4 is 0 Å². The highest BCUT2D eigenvalue weighted by Gasteiger charge is 2.23. The molecule has 88 valence electrons. The Balaban J connectivity index is 2.82. The zero-order valence-corrected chi connectivity index (χ0v) is 9.78. The van der Waals surface area contributed by atoms with Crippen LogP contribution in [0, 0.1) is 0 Å². The molecular weight excluding hydrogens is 228 g/mol. The Labute approximate surface area is 94.8 Å². The molecule has 0 saturated heterocycles. The van der Waals surface area contributed by atoms with Gasteiger partial charge in [0.25, 0.3) is 0 Å². The second kappa shape index (κ2) is 5.12. The summed E-state index contributed by atoms with van der Waals surface area (Å²) in [6.45, 7) is 1.53. The lowest BCUT2D eigenvalue weighted by Crippen LogP contribution is -2.19. The van der Waals surface area contributed by atoms with Gasteiger partial charge in [0.1, 0.15) is 0 Å². The molecule has 0 amide bonds. The Kier molecular flexibility index (Phi) is 4.06. The smallest absolute Gasteiger partial charge is 0.303 e. The molecule has 0 heterocycles. The summed E-state index contributed by atoms with van der Waals surface area (Å²) in [5.41, 5.74) is 0. The average molecular weight is 242 g/mol. The quantitative estimate of drug-likeness (QED) is 0.853. The summed E-state index contributed by atoms with van der Waals surface area (Å²) in [6, 6.07) is 8.08. The van der Waals surface area contributed by atoms with E-state index in [1.807, 2.05) is 0 Å². The topological polar surface area (TPSA) is 71.4 Å². The summed E-state index contributed by atoms with van der Waals surface area (Å²) in [5.74, 6) is -0.977. The molecule has 0 saturated carbocycles. The molecule has 0 radical (unpaired) electrons. The highest BCUT2D eigenvalue weighted by molar-refractivity contribution is 7.92. The fourth-order valence-corrected chi connectivity index (χ4v) is 2.75. The van der Waals surface area contributed by atoms with Crippen LogP contribution >= 0.6 is 0 Å². The van der Waals surface area contributed by atoms with Crippen molar-refractivity contribution in [3.8, 4) is 0 Å². The lowest BCUT2D eigenvalue weighted by atomic mass is 10.2. The number of carboxylic acid groups (broad SMARTS) is 1. The van der Waals surface area contributed by atoms with Crippen LogP contribution in [-0.4, -0.2) is 24.7 Å². The maximum Gasteiger partial charge on any atom is 0.303 e. The number of hydrogen-bond donors (Lipinski definition) is 1. The van der Waals surface area contributed by atoms with Gasteiger partial charge in [0.2, 0.25) is 0 Å². The number of hydrogen-bond acceptors (Lipinski definition) is 3. The first-order chi connectivity index (χ1) is 7.44. The minimum absolute atomic E-state index is 0.132. The second-order valence-corrected chi connectivity index (χ2v) is 5.97. The molecule has 4 nitrogen and oxygen atoms in total. The summed E-state index contributed by atoms with van der Waals surface area (Å²) in [4.78, 5) is 10.6. The van der Waals surface area contributed by atoms with Crippen LogP contribution in [0.2, 0.25) is 0 Å². The van der Waals surface area contributed by atoms with Crippen LogP contribution in [0.4, 0.5) is 0 Å². The largest absolute Gasteiger partial charge is 0.481 e. The van der Waals surface area contributed by atoms with E-state index in [-0.39, 0.29) is 17.7 Å². The Bertz CT molecular complexity index is 450. The molecule has 0 aliphatic carbocycles. The Hall–Kier alpha value is -1.36. The highest BCUT2D eigenvalue weighted by atomic mass is 32.2. The van der Waals surface area contributed by atoms with Crippen molar-refractivity contribution in [1.82, 2.24) is 0 Å². The summed E-state index contributed by atoms with van der Waals surface area (Å²) < 4.78 is 23.9. The van der Waals surface area contributed by atoms with Gasteiger partial charge >= 0.3 is 5.97 Å². The van der Waals surface area contributed by atoms with E-state index in [2.05, 4.69) is 0 Å². The van der Waals surface area contributed by atoms with Crippen LogP contribution in [0.25, 0.3) is 0 Å². The zero-order valence-electron chi connectivity index (χ0n) is 8.96. The lowest BCUT2D eigenvalue weighted by Gasteiger charge is -2.11. The molecule has 0 aromatic heterocycles. The van der Waals surface area contributed by atoms with E-state index in [0.29, 0.717) is 0 Å². The average Bonchev–Trinajstić information content (AvgIpc) is 2.27. The van der Waals surface area contributed by atoms with Gasteiger partial charge in [0, 0.05) is 6.42 Å². The predicted octanol–water partition coefficient (Wildman–Crippen LogP) is 1.71. The fourth-order valence-electron chi connectivity index (χ4n) is 1.32. The monoisotopic (exact) mass is 242 g/mol. The summed E-state index contributed by atoms with van der Waals surface area (Å²) in [5, 5.41) is 7.83. The predicted molar refractivity (Wildman–Crippen MR) is 60.0 cm³/mol. The summed E-state index contributed by atoms with van der Waals surface area (Å²) in [7, 11) is -3.40. The van der Waals surface area contributed by atoms with E-state index in [4.69, 9.17) is 5.11 Å². The van der Waals surface area contributed by atoms with Gasteiger partial charge in [0.15, 0.2) is 9.84 Å². The Morgan fingerprint density at radius 2 is 1.88 bits per heavy atom. The first-order valence-electron chi connectivity index (χ1n) is 4.95. The van der Waals surface area contributed by atoms with Crippen molar-refractivity contribution in [2.24, 2.45) is 0 Å². The van der Waals surface area contributed by atoms with Crippen LogP contribution in [0.3, 0.4) is 0 Å². The first kappa shape index (κ1) is 12.7. The van der Waals surface area contributed by atoms with Crippen molar-refractivity contribution < 1.29 is 18.3 Å². The molecule has 1 unspecified atom stereocenters. The SMILES string of the molecule is CC(CCC(=O)O)S(=O)(=O)c1ccccc1. The van der Waals surface area contributed by atoms with Crippen LogP contribution in [-0.2, 0) is 14.6 Å². The van der Waals surface area contributed by atoms with Crippen LogP contribution in [0.5, 0.6) is 0 Å². The van der Waals surface area contributed by atoms with Crippen molar-refractivity contribution in [2.75, 3.05) is 0 Å². The van der Waals surface area contributed by atoms with Gasteiger partial charge in [-0.15, -0.1) is 0 Å². The Morgan fingerprint density at radius 3 is 2.38 bits per heavy atom. The molecule has 1 aromatic carbocycles. The minimum atomic E-state index is -3.40. The van der Waals surface area contributed by atoms with Crippen molar-refractivity contribution in [3.63, 3.8) is 0 Å². The molecule has 0 fully saturated rings. The van der Waals surface area contributed by atoms with Gasteiger partial charge in [-0.25, -0.2) is 8.42 Å². The number of aliphatic carboxylic acids is 1. The van der Waals surface area contributed by atoms with Crippen molar-refractivity contribution in [1.29, 1.82) is 0 Å². The fraction of sp³-hybridized carbons (Fsp3) is 0.364. The normalized spacial score (nSPS) is 13.3. The van der Waals surface area contributed by atoms with Gasteiger partial charge in [-0.05, 0) is 25.5 Å². The number of sulfone groups is 1. The van der Waals surface area contributed by atoms with Gasteiger partial charge < -0.3 is 5.11 Å². The van der Waals surface area contributed by atoms with E-state index in [1.165, 1.54) is 19.1 Å². The third-order valence-corrected chi connectivity index (χ3v) is 4.59. The Morgan fingerprint density at radius 1 is 1.31 bits per heavy atom. The third-order valence-electron chi connectivity index (χ3n) is 2.37. The number of carbonyl (C=O) groups is 1. The lowest BCUT2D eigenvalue weighted by molar-refractivity contribution is -0.137. The molecule has 0 aliphatic rings. The molecule has 1 rings (SSSR count). The molecule has 1 atom stereocenters. The van der Waals surface area contributed by atoms with Gasteiger partial charge in [-0.1, -0.05) is 18.2 Å². The van der Waals surface area contributed by atoms with Crippen molar-refractivity contribution in [2.45, 2.75) is 29.9 Å². The van der Waals surface area contributed by atoms with E-state index in [9.17, 15) is 13.2 Å². The third kappa shape index (κ3) is 3.06. The standard InChI is InChI=1S/C11H14O4S/c1-9(7-8-11(12)13)16(14,15)10-5-3-2-4-6-10/h2-6,9H,7-8H2,1H3,(H,12,13). The number of carboxylic acids is 1. The molecule has 0 bridgehead atoms. The van der Waals surface area contributed by atoms with Crippen molar-refractivity contribution in [3.05, 3.63) is 30.3 Å². The zero-order chi connectivity index (χ0) is 12.2.